The first kappa shape index (κ1) is 26.3. The molecule has 0 aromatic carbocycles. The Kier molecular flexibility index (Phi) is 13.4. The molecule has 0 rings (SSSR count). The van der Waals surface area contributed by atoms with Crippen LogP contribution in [0.2, 0.25) is 0 Å². The molecular formula is C26H16N6. The summed E-state index contributed by atoms with van der Waals surface area (Å²) in [5.74, 6) is 0. The average Bonchev–Trinajstić information content (AvgIpc) is 2.83. The summed E-state index contributed by atoms with van der Waals surface area (Å²) in [6, 6.07) is 11.5. The van der Waals surface area contributed by atoms with E-state index in [9.17, 15) is 10.5 Å². The summed E-state index contributed by atoms with van der Waals surface area (Å²) < 4.78 is 0. The molecule has 0 aliphatic carbocycles. The van der Waals surface area contributed by atoms with E-state index in [2.05, 4.69) is 13.2 Å². The third-order valence-electron chi connectivity index (χ3n) is 3.43. The summed E-state index contributed by atoms with van der Waals surface area (Å²) in [7, 11) is 0. The van der Waals surface area contributed by atoms with Gasteiger partial charge < -0.3 is 0 Å². The molecule has 6 heteroatoms. The first-order chi connectivity index (χ1) is 15.5. The molecule has 0 aromatic heterocycles. The summed E-state index contributed by atoms with van der Waals surface area (Å²) in [5, 5.41) is 54.5. The Morgan fingerprint density at radius 3 is 0.719 bits per heavy atom. The van der Waals surface area contributed by atoms with Gasteiger partial charge in [-0.3, -0.25) is 0 Å². The fraction of sp³-hybridized carbons (Fsp3) is 0. The number of nitrogens with zero attached hydrogens (tertiary/aromatic N) is 6. The van der Waals surface area contributed by atoms with Crippen LogP contribution in [0.5, 0.6) is 0 Å². The van der Waals surface area contributed by atoms with Crippen molar-refractivity contribution >= 4 is 0 Å². The minimum Gasteiger partial charge on any atom is -0.192 e. The zero-order valence-electron chi connectivity index (χ0n) is 17.0. The number of hydrogen-bond donors (Lipinski definition) is 0. The predicted octanol–water partition coefficient (Wildman–Crippen LogP) is 5.17. The molecule has 0 unspecified atom stereocenters. The lowest BCUT2D eigenvalue weighted by Crippen LogP contribution is -1.78. The van der Waals surface area contributed by atoms with Crippen molar-refractivity contribution < 1.29 is 0 Å². The molecular weight excluding hydrogens is 396 g/mol. The lowest BCUT2D eigenvalue weighted by molar-refractivity contribution is 1.46. The van der Waals surface area contributed by atoms with E-state index in [4.69, 9.17) is 21.0 Å². The lowest BCUT2D eigenvalue weighted by Gasteiger charge is -1.90. The van der Waals surface area contributed by atoms with Crippen molar-refractivity contribution in [3.63, 3.8) is 0 Å². The number of hydrogen-bond acceptors (Lipinski definition) is 6. The standard InChI is InChI=1S/C26H16N6/c1-3-21(15-27)5-7-23(17-29)9-11-25(19-31)13-14-26(20-32)12-10-24(18-30)8-6-22(4-2)16-28/h3-14H,1-2H2/b11-9+,12-10+,21-5-,22-6-,23-7-,24-8-,25-13-,26-14-. The van der Waals surface area contributed by atoms with E-state index in [1.807, 2.05) is 36.4 Å². The predicted molar refractivity (Wildman–Crippen MR) is 121 cm³/mol. The van der Waals surface area contributed by atoms with Crippen molar-refractivity contribution in [2.45, 2.75) is 0 Å². The highest BCUT2D eigenvalue weighted by Gasteiger charge is 1.94. The normalized spacial score (nSPS) is 13.3. The second-order valence-electron chi connectivity index (χ2n) is 5.48. The Balaban J connectivity index is 5.76. The van der Waals surface area contributed by atoms with Crippen molar-refractivity contribution in [3.8, 4) is 36.4 Å². The van der Waals surface area contributed by atoms with Crippen LogP contribution in [-0.4, -0.2) is 0 Å². The van der Waals surface area contributed by atoms with E-state index in [0.717, 1.165) is 0 Å². The van der Waals surface area contributed by atoms with Gasteiger partial charge in [-0.15, -0.1) is 0 Å². The Bertz CT molecular complexity index is 1150. The molecule has 0 aliphatic heterocycles. The van der Waals surface area contributed by atoms with Gasteiger partial charge in [-0.2, -0.15) is 31.6 Å². The molecule has 150 valence electrons. The number of allylic oxidation sites excluding steroid dienone is 18. The van der Waals surface area contributed by atoms with Crippen LogP contribution in [0.4, 0.5) is 0 Å². The second-order valence-corrected chi connectivity index (χ2v) is 5.48. The molecule has 0 atom stereocenters. The fourth-order valence-corrected chi connectivity index (χ4v) is 1.72. The Labute approximate surface area is 187 Å². The van der Waals surface area contributed by atoms with E-state index in [-0.39, 0.29) is 33.4 Å². The summed E-state index contributed by atoms with van der Waals surface area (Å²) in [6.07, 6.45) is 16.7. The van der Waals surface area contributed by atoms with Gasteiger partial charge in [-0.1, -0.05) is 25.3 Å². The molecule has 32 heavy (non-hydrogen) atoms. The van der Waals surface area contributed by atoms with Crippen LogP contribution in [0.3, 0.4) is 0 Å². The van der Waals surface area contributed by atoms with Crippen LogP contribution in [0, 0.1) is 68.0 Å². The highest BCUT2D eigenvalue weighted by atomic mass is 14.3. The molecule has 0 heterocycles. The van der Waals surface area contributed by atoms with Gasteiger partial charge in [0.05, 0.1) is 69.9 Å². The maximum absolute atomic E-state index is 9.25. The molecule has 0 N–H and O–H groups in total. The molecule has 0 saturated carbocycles. The van der Waals surface area contributed by atoms with Crippen molar-refractivity contribution in [3.05, 3.63) is 120 Å². The quantitative estimate of drug-likeness (QED) is 0.377. The van der Waals surface area contributed by atoms with Crippen LogP contribution < -0.4 is 0 Å². The molecule has 0 bridgehead atoms. The summed E-state index contributed by atoms with van der Waals surface area (Å²) in [6.45, 7) is 6.95. The smallest absolute Gasteiger partial charge is 0.0991 e. The van der Waals surface area contributed by atoms with Crippen LogP contribution >= 0.6 is 0 Å². The van der Waals surface area contributed by atoms with Gasteiger partial charge in [-0.25, -0.2) is 0 Å². The van der Waals surface area contributed by atoms with Crippen LogP contribution in [-0.2, 0) is 0 Å². The minimum absolute atomic E-state index is 0.170. The van der Waals surface area contributed by atoms with Gasteiger partial charge in [0.1, 0.15) is 0 Å². The van der Waals surface area contributed by atoms with Gasteiger partial charge in [0.15, 0.2) is 0 Å². The van der Waals surface area contributed by atoms with Gasteiger partial charge >= 0.3 is 0 Å². The number of nitriles is 6. The van der Waals surface area contributed by atoms with Crippen molar-refractivity contribution in [1.29, 1.82) is 31.6 Å². The van der Waals surface area contributed by atoms with Crippen molar-refractivity contribution in [2.24, 2.45) is 0 Å². The average molecular weight is 412 g/mol. The van der Waals surface area contributed by atoms with Gasteiger partial charge in [0, 0.05) is 0 Å². The van der Waals surface area contributed by atoms with Crippen LogP contribution in [0.15, 0.2) is 120 Å². The maximum Gasteiger partial charge on any atom is 0.0991 e. The second kappa shape index (κ2) is 16.3. The third kappa shape index (κ3) is 10.6. The van der Waals surface area contributed by atoms with Gasteiger partial charge in [0.25, 0.3) is 0 Å². The number of rotatable bonds is 9. The third-order valence-corrected chi connectivity index (χ3v) is 3.43. The van der Waals surface area contributed by atoms with E-state index in [1.165, 1.54) is 72.9 Å². The Morgan fingerprint density at radius 2 is 0.562 bits per heavy atom. The molecule has 6 nitrogen and oxygen atoms in total. The molecule has 0 radical (unpaired) electrons. The zero-order chi connectivity index (χ0) is 24.2. The maximum atomic E-state index is 9.25. The van der Waals surface area contributed by atoms with E-state index < -0.39 is 0 Å². The van der Waals surface area contributed by atoms with Crippen LogP contribution in [0.1, 0.15) is 0 Å². The molecule has 0 aliphatic rings. The van der Waals surface area contributed by atoms with Crippen LogP contribution in [0.25, 0.3) is 0 Å². The highest BCUT2D eigenvalue weighted by molar-refractivity contribution is 5.49. The molecule has 0 amide bonds. The van der Waals surface area contributed by atoms with Gasteiger partial charge in [0.2, 0.25) is 0 Å². The molecule has 0 saturated heterocycles. The van der Waals surface area contributed by atoms with E-state index >= 15 is 0 Å². The first-order valence-electron chi connectivity index (χ1n) is 8.79. The lowest BCUT2D eigenvalue weighted by atomic mass is 10.1. The fourth-order valence-electron chi connectivity index (χ4n) is 1.72. The zero-order valence-corrected chi connectivity index (χ0v) is 17.0. The molecule has 0 aromatic rings. The summed E-state index contributed by atoms with van der Waals surface area (Å²) >= 11 is 0. The first-order valence-corrected chi connectivity index (χ1v) is 8.79. The van der Waals surface area contributed by atoms with Crippen molar-refractivity contribution in [2.75, 3.05) is 0 Å². The highest BCUT2D eigenvalue weighted by Crippen LogP contribution is 2.07. The monoisotopic (exact) mass is 412 g/mol. The summed E-state index contributed by atoms with van der Waals surface area (Å²) in [5.41, 5.74) is 1.32. The Morgan fingerprint density at radius 1 is 0.375 bits per heavy atom. The summed E-state index contributed by atoms with van der Waals surface area (Å²) in [4.78, 5) is 0. The van der Waals surface area contributed by atoms with E-state index in [0.29, 0.717) is 0 Å². The molecule has 0 fully saturated rings. The largest absolute Gasteiger partial charge is 0.192 e. The minimum atomic E-state index is 0.170. The van der Waals surface area contributed by atoms with Gasteiger partial charge in [-0.05, 0) is 60.8 Å². The van der Waals surface area contributed by atoms with Crippen molar-refractivity contribution in [1.82, 2.24) is 0 Å². The SMILES string of the molecule is C=C/C(C#N)=C/C=C(C#N)/C=C/C(C#N)=C/C=C(C#N)/C=C/C(C#N)=C/C=C(\C#N)C=C. The van der Waals surface area contributed by atoms with E-state index in [1.54, 1.807) is 0 Å². The molecule has 0 spiro atoms. The Hall–Kier alpha value is -5.66. The topological polar surface area (TPSA) is 143 Å².